The van der Waals surface area contributed by atoms with Crippen molar-refractivity contribution >= 4 is 17.3 Å². The maximum atomic E-state index is 5.76. The van der Waals surface area contributed by atoms with Crippen molar-refractivity contribution in [3.63, 3.8) is 0 Å². The Morgan fingerprint density at radius 2 is 1.69 bits per heavy atom. The second kappa shape index (κ2) is 5.37. The fraction of sp³-hybridized carbons (Fsp3) is 0.0833. The van der Waals surface area contributed by atoms with E-state index >= 15 is 0 Å². The molecule has 0 bridgehead atoms. The van der Waals surface area contributed by atoms with Crippen LogP contribution in [0.2, 0.25) is 5.02 Å². The number of rotatable bonds is 3. The van der Waals surface area contributed by atoms with Gasteiger partial charge in [-0.05, 0) is 42.0 Å². The van der Waals surface area contributed by atoms with Crippen molar-refractivity contribution < 1.29 is 0 Å². The Morgan fingerprint density at radius 3 is 2.38 bits per heavy atom. The van der Waals surface area contributed by atoms with E-state index in [1.807, 2.05) is 24.3 Å². The van der Waals surface area contributed by atoms with Crippen LogP contribution in [0.15, 0.2) is 59.0 Å². The number of pyridine rings is 1. The molecular formula is C12H10ClN3. The number of azo groups is 1. The van der Waals surface area contributed by atoms with Gasteiger partial charge in [0.15, 0.2) is 0 Å². The average Bonchev–Trinajstić information content (AvgIpc) is 2.33. The van der Waals surface area contributed by atoms with Gasteiger partial charge in [-0.15, -0.1) is 0 Å². The zero-order valence-electron chi connectivity index (χ0n) is 8.55. The minimum Gasteiger partial charge on any atom is -0.265 e. The van der Waals surface area contributed by atoms with Crippen LogP contribution in [0, 0.1) is 0 Å². The van der Waals surface area contributed by atoms with Crippen LogP contribution in [-0.2, 0) is 6.54 Å². The summed E-state index contributed by atoms with van der Waals surface area (Å²) in [6.45, 7) is 0.561. The van der Waals surface area contributed by atoms with E-state index in [1.54, 1.807) is 24.5 Å². The Morgan fingerprint density at radius 1 is 1.00 bits per heavy atom. The van der Waals surface area contributed by atoms with Gasteiger partial charge >= 0.3 is 0 Å². The summed E-state index contributed by atoms with van der Waals surface area (Å²) in [6, 6.07) is 11.1. The first-order valence-corrected chi connectivity index (χ1v) is 5.24. The van der Waals surface area contributed by atoms with Crippen LogP contribution < -0.4 is 0 Å². The molecule has 0 N–H and O–H groups in total. The molecule has 0 fully saturated rings. The summed E-state index contributed by atoms with van der Waals surface area (Å²) in [5.41, 5.74) is 1.89. The van der Waals surface area contributed by atoms with E-state index < -0.39 is 0 Å². The largest absolute Gasteiger partial charge is 0.265 e. The summed E-state index contributed by atoms with van der Waals surface area (Å²) in [7, 11) is 0. The van der Waals surface area contributed by atoms with Crippen LogP contribution in [0.25, 0.3) is 0 Å². The molecule has 0 saturated carbocycles. The lowest BCUT2D eigenvalue weighted by atomic mass is 10.3. The topological polar surface area (TPSA) is 37.6 Å². The van der Waals surface area contributed by atoms with Gasteiger partial charge in [0.05, 0.1) is 12.2 Å². The van der Waals surface area contributed by atoms with E-state index in [0.717, 1.165) is 11.3 Å². The van der Waals surface area contributed by atoms with E-state index in [0.29, 0.717) is 11.6 Å². The second-order valence-electron chi connectivity index (χ2n) is 3.23. The third kappa shape index (κ3) is 3.14. The molecule has 0 aliphatic heterocycles. The summed E-state index contributed by atoms with van der Waals surface area (Å²) in [6.07, 6.45) is 3.49. The third-order valence-corrected chi connectivity index (χ3v) is 2.27. The van der Waals surface area contributed by atoms with Crippen molar-refractivity contribution in [1.82, 2.24) is 4.98 Å². The highest BCUT2D eigenvalue weighted by atomic mass is 35.5. The molecule has 3 nitrogen and oxygen atoms in total. The molecule has 0 radical (unpaired) electrons. The van der Waals surface area contributed by atoms with Gasteiger partial charge in [-0.2, -0.15) is 10.2 Å². The first-order valence-electron chi connectivity index (χ1n) is 4.86. The zero-order valence-corrected chi connectivity index (χ0v) is 9.30. The van der Waals surface area contributed by atoms with Crippen LogP contribution in [0.5, 0.6) is 0 Å². The molecule has 0 unspecified atom stereocenters. The molecule has 2 rings (SSSR count). The fourth-order valence-electron chi connectivity index (χ4n) is 1.19. The first-order chi connectivity index (χ1) is 7.84. The Kier molecular flexibility index (Phi) is 3.62. The van der Waals surface area contributed by atoms with E-state index in [4.69, 9.17) is 11.6 Å². The lowest BCUT2D eigenvalue weighted by molar-refractivity contribution is 0.955. The number of nitrogens with zero attached hydrogens (tertiary/aromatic N) is 3. The van der Waals surface area contributed by atoms with Crippen LogP contribution in [-0.4, -0.2) is 4.98 Å². The summed E-state index contributed by atoms with van der Waals surface area (Å²) >= 11 is 5.76. The Bertz CT molecular complexity index is 465. The van der Waals surface area contributed by atoms with Crippen molar-refractivity contribution in [2.45, 2.75) is 6.54 Å². The number of aromatic nitrogens is 1. The Labute approximate surface area is 98.8 Å². The lowest BCUT2D eigenvalue weighted by Crippen LogP contribution is -1.79. The molecule has 1 heterocycles. The highest BCUT2D eigenvalue weighted by Crippen LogP contribution is 2.16. The highest BCUT2D eigenvalue weighted by molar-refractivity contribution is 6.30. The molecule has 1 aromatic heterocycles. The van der Waals surface area contributed by atoms with Gasteiger partial charge in [-0.1, -0.05) is 11.6 Å². The Balaban J connectivity index is 1.98. The predicted molar refractivity (Wildman–Crippen MR) is 63.9 cm³/mol. The van der Waals surface area contributed by atoms with Crippen molar-refractivity contribution in [3.05, 3.63) is 59.4 Å². The quantitative estimate of drug-likeness (QED) is 0.735. The smallest absolute Gasteiger partial charge is 0.0854 e. The standard InChI is InChI=1S/C12H10ClN3/c13-11-1-3-12(4-2-11)16-15-9-10-5-7-14-8-6-10/h1-8H,9H2. The van der Waals surface area contributed by atoms with Crippen LogP contribution in [0.4, 0.5) is 5.69 Å². The number of benzene rings is 1. The highest BCUT2D eigenvalue weighted by Gasteiger charge is 1.90. The monoisotopic (exact) mass is 231 g/mol. The van der Waals surface area contributed by atoms with E-state index in [2.05, 4.69) is 15.2 Å². The first kappa shape index (κ1) is 10.8. The molecule has 0 saturated heterocycles. The average molecular weight is 232 g/mol. The summed E-state index contributed by atoms with van der Waals surface area (Å²) in [4.78, 5) is 3.93. The molecule has 0 spiro atoms. The molecule has 0 aliphatic rings. The van der Waals surface area contributed by atoms with Crippen molar-refractivity contribution in [2.75, 3.05) is 0 Å². The molecule has 0 atom stereocenters. The van der Waals surface area contributed by atoms with Crippen molar-refractivity contribution in [1.29, 1.82) is 0 Å². The predicted octanol–water partition coefficient (Wildman–Crippen LogP) is 4.02. The minimum absolute atomic E-state index is 0.561. The number of halogens is 1. The summed E-state index contributed by atoms with van der Waals surface area (Å²) < 4.78 is 0. The molecule has 0 aliphatic carbocycles. The van der Waals surface area contributed by atoms with Gasteiger partial charge in [-0.3, -0.25) is 4.98 Å². The number of hydrogen-bond donors (Lipinski definition) is 0. The van der Waals surface area contributed by atoms with Crippen molar-refractivity contribution in [3.8, 4) is 0 Å². The molecule has 80 valence electrons. The SMILES string of the molecule is Clc1ccc(N=NCc2ccncc2)cc1. The summed E-state index contributed by atoms with van der Waals surface area (Å²) in [5, 5.41) is 8.89. The maximum Gasteiger partial charge on any atom is 0.0854 e. The molecule has 2 aromatic rings. The normalized spacial score (nSPS) is 10.8. The van der Waals surface area contributed by atoms with Gasteiger partial charge < -0.3 is 0 Å². The van der Waals surface area contributed by atoms with Gasteiger partial charge in [0.1, 0.15) is 0 Å². The number of hydrogen-bond acceptors (Lipinski definition) is 3. The van der Waals surface area contributed by atoms with Gasteiger partial charge in [0.2, 0.25) is 0 Å². The van der Waals surface area contributed by atoms with Crippen molar-refractivity contribution in [2.24, 2.45) is 10.2 Å². The zero-order chi connectivity index (χ0) is 11.2. The van der Waals surface area contributed by atoms with Crippen LogP contribution in [0.1, 0.15) is 5.56 Å². The fourth-order valence-corrected chi connectivity index (χ4v) is 1.32. The molecule has 1 aromatic carbocycles. The second-order valence-corrected chi connectivity index (χ2v) is 3.67. The van der Waals surface area contributed by atoms with E-state index in [-0.39, 0.29) is 0 Å². The Hall–Kier alpha value is -1.74. The van der Waals surface area contributed by atoms with E-state index in [1.165, 1.54) is 0 Å². The van der Waals surface area contributed by atoms with Gasteiger partial charge in [0, 0.05) is 17.4 Å². The summed E-state index contributed by atoms with van der Waals surface area (Å²) in [5.74, 6) is 0. The van der Waals surface area contributed by atoms with Crippen LogP contribution in [0.3, 0.4) is 0 Å². The third-order valence-electron chi connectivity index (χ3n) is 2.02. The minimum atomic E-state index is 0.561. The molecule has 0 amide bonds. The van der Waals surface area contributed by atoms with E-state index in [9.17, 15) is 0 Å². The molecule has 4 heteroatoms. The molecule has 16 heavy (non-hydrogen) atoms. The molecular weight excluding hydrogens is 222 g/mol. The van der Waals surface area contributed by atoms with Gasteiger partial charge in [-0.25, -0.2) is 0 Å². The van der Waals surface area contributed by atoms with Crippen LogP contribution >= 0.6 is 11.6 Å². The lowest BCUT2D eigenvalue weighted by Gasteiger charge is -1.94. The van der Waals surface area contributed by atoms with Gasteiger partial charge in [0.25, 0.3) is 0 Å². The maximum absolute atomic E-state index is 5.76.